The third kappa shape index (κ3) is 3.99. The lowest BCUT2D eigenvalue weighted by molar-refractivity contribution is -0.115. The lowest BCUT2D eigenvalue weighted by atomic mass is 9.52. The Morgan fingerprint density at radius 2 is 1.47 bits per heavy atom. The van der Waals surface area contributed by atoms with E-state index in [4.69, 9.17) is 0 Å². The summed E-state index contributed by atoms with van der Waals surface area (Å²) < 4.78 is 0. The van der Waals surface area contributed by atoms with Crippen molar-refractivity contribution in [2.45, 2.75) is 96.8 Å². The van der Waals surface area contributed by atoms with Crippen LogP contribution in [0.2, 0.25) is 0 Å². The number of aryl methyl sites for hydroxylation is 1. The highest BCUT2D eigenvalue weighted by molar-refractivity contribution is 5.91. The van der Waals surface area contributed by atoms with Crippen LogP contribution in [0.1, 0.15) is 102 Å². The van der Waals surface area contributed by atoms with Crippen LogP contribution in [0.15, 0.2) is 54.2 Å². The van der Waals surface area contributed by atoms with Gasteiger partial charge in [-0.05, 0) is 152 Å². The van der Waals surface area contributed by atoms with Gasteiger partial charge in [0.25, 0.3) is 0 Å². The summed E-state index contributed by atoms with van der Waals surface area (Å²) in [5.41, 5.74) is 5.40. The highest BCUT2D eigenvalue weighted by Gasteiger charge is 2.51. The van der Waals surface area contributed by atoms with E-state index in [2.05, 4.69) is 44.2 Å². The van der Waals surface area contributed by atoms with Gasteiger partial charge in [0, 0.05) is 6.42 Å². The van der Waals surface area contributed by atoms with Crippen LogP contribution in [-0.4, -0.2) is 10.9 Å². The van der Waals surface area contributed by atoms with E-state index in [0.717, 1.165) is 60.7 Å². The quantitative estimate of drug-likeness (QED) is 0.354. The average Bonchev–Trinajstić information content (AvgIpc) is 3.51. The van der Waals surface area contributed by atoms with E-state index >= 15 is 0 Å². The first-order chi connectivity index (χ1) is 18.3. The number of rotatable bonds is 0. The average molecular weight is 511 g/mol. The minimum Gasteiger partial charge on any atom is -0.508 e. The van der Waals surface area contributed by atoms with Crippen LogP contribution in [0.3, 0.4) is 0 Å². The zero-order valence-corrected chi connectivity index (χ0v) is 23.5. The molecule has 1 aromatic rings. The summed E-state index contributed by atoms with van der Waals surface area (Å²) in [4.78, 5) is 11.6. The van der Waals surface area contributed by atoms with Crippen molar-refractivity contribution >= 4 is 5.78 Å². The predicted molar refractivity (Wildman–Crippen MR) is 154 cm³/mol. The Kier molecular flexibility index (Phi) is 6.06. The summed E-state index contributed by atoms with van der Waals surface area (Å²) in [6.07, 6.45) is 26.8. The molecule has 2 heteroatoms. The zero-order valence-electron chi connectivity index (χ0n) is 23.5. The minimum absolute atomic E-state index is 0.382. The van der Waals surface area contributed by atoms with Gasteiger partial charge in [-0.15, -0.1) is 0 Å². The van der Waals surface area contributed by atoms with Gasteiger partial charge in [-0.25, -0.2) is 0 Å². The number of aromatic hydroxyl groups is 1. The number of carbonyl (C=O) groups excluding carboxylic acids is 1. The van der Waals surface area contributed by atoms with E-state index in [1.807, 2.05) is 18.2 Å². The maximum Gasteiger partial charge on any atom is 0.155 e. The maximum absolute atomic E-state index is 11.6. The summed E-state index contributed by atoms with van der Waals surface area (Å²) in [6.45, 7) is 4.94. The normalized spacial score (nSPS) is 43.9. The molecule has 0 aliphatic heterocycles. The smallest absolute Gasteiger partial charge is 0.155 e. The fraction of sp³-hybridized carbons (Fsp3) is 0.639. The fourth-order valence-electron chi connectivity index (χ4n) is 10.7. The number of fused-ring (bicyclic) bond motifs is 10. The molecule has 0 amide bonds. The number of benzene rings is 1. The monoisotopic (exact) mass is 510 g/mol. The van der Waals surface area contributed by atoms with Crippen LogP contribution in [0.25, 0.3) is 0 Å². The van der Waals surface area contributed by atoms with E-state index in [1.165, 1.54) is 74.5 Å². The van der Waals surface area contributed by atoms with E-state index in [1.54, 1.807) is 0 Å². The number of phenolic OH excluding ortho intramolecular Hbond substituents is 1. The van der Waals surface area contributed by atoms with E-state index < -0.39 is 0 Å². The molecule has 7 aliphatic carbocycles. The van der Waals surface area contributed by atoms with Crippen molar-refractivity contribution in [2.24, 2.45) is 46.3 Å². The molecule has 7 aliphatic rings. The van der Waals surface area contributed by atoms with Crippen molar-refractivity contribution in [3.05, 3.63) is 65.3 Å². The van der Waals surface area contributed by atoms with Crippen molar-refractivity contribution in [1.29, 1.82) is 0 Å². The molecule has 8 rings (SSSR count). The van der Waals surface area contributed by atoms with Gasteiger partial charge in [-0.3, -0.25) is 4.79 Å². The summed E-state index contributed by atoms with van der Waals surface area (Å²) in [5, 5.41) is 9.67. The second-order valence-electron chi connectivity index (χ2n) is 14.5. The minimum atomic E-state index is 0.382. The van der Waals surface area contributed by atoms with Crippen LogP contribution in [0.5, 0.6) is 5.75 Å². The van der Waals surface area contributed by atoms with E-state index in [-0.39, 0.29) is 0 Å². The number of allylic oxidation sites excluding steroid dienone is 6. The Balaban J connectivity index is 0.000000127. The zero-order chi connectivity index (χ0) is 26.1. The number of hydrogen-bond acceptors (Lipinski definition) is 2. The Labute approximate surface area is 229 Å². The molecule has 0 aromatic heterocycles. The van der Waals surface area contributed by atoms with Gasteiger partial charge in [0.15, 0.2) is 5.78 Å². The number of carbonyl (C=O) groups is 1. The standard InChI is InChI=1S/C18H24O.C18H22O/c2*1-18-9-2-3-17(18)16-6-4-12-11-13(19)5-7-14(12)15(16)8-10-18/h2,9,11,14-17H,3-8,10H2,1H3;2,5,7,9,11,15-17,19H,3-4,6,8,10H2,1H3/t14-,15+,16+,17-,18-;15-,16-,17+,18+/m01/s1. The number of phenols is 1. The van der Waals surface area contributed by atoms with Gasteiger partial charge < -0.3 is 5.11 Å². The van der Waals surface area contributed by atoms with Crippen molar-refractivity contribution < 1.29 is 9.90 Å². The van der Waals surface area contributed by atoms with Gasteiger partial charge in [-0.2, -0.15) is 0 Å². The third-order valence-electron chi connectivity index (χ3n) is 12.7. The summed E-state index contributed by atoms with van der Waals surface area (Å²) in [7, 11) is 0. The molecule has 9 atom stereocenters. The molecule has 2 nitrogen and oxygen atoms in total. The molecule has 202 valence electrons. The molecule has 0 bridgehead atoms. The van der Waals surface area contributed by atoms with E-state index in [0.29, 0.717) is 22.4 Å². The van der Waals surface area contributed by atoms with Crippen molar-refractivity contribution in [3.63, 3.8) is 0 Å². The Bertz CT molecular complexity index is 1200. The van der Waals surface area contributed by atoms with Crippen LogP contribution in [-0.2, 0) is 11.2 Å². The second-order valence-corrected chi connectivity index (χ2v) is 14.5. The topological polar surface area (TPSA) is 37.3 Å². The van der Waals surface area contributed by atoms with Gasteiger partial charge in [0.2, 0.25) is 0 Å². The Hall–Kier alpha value is -2.09. The summed E-state index contributed by atoms with van der Waals surface area (Å²) >= 11 is 0. The molecule has 0 spiro atoms. The number of ketones is 1. The summed E-state index contributed by atoms with van der Waals surface area (Å²) in [5.74, 6) is 6.71. The number of hydrogen-bond donors (Lipinski definition) is 1. The van der Waals surface area contributed by atoms with Crippen molar-refractivity contribution in [2.75, 3.05) is 0 Å². The molecule has 1 aromatic carbocycles. The molecule has 0 saturated heterocycles. The van der Waals surface area contributed by atoms with E-state index in [9.17, 15) is 9.90 Å². The van der Waals surface area contributed by atoms with Gasteiger partial charge in [0.05, 0.1) is 0 Å². The highest BCUT2D eigenvalue weighted by atomic mass is 16.3. The Morgan fingerprint density at radius 3 is 2.26 bits per heavy atom. The molecule has 0 heterocycles. The highest BCUT2D eigenvalue weighted by Crippen LogP contribution is 2.60. The van der Waals surface area contributed by atoms with Gasteiger partial charge >= 0.3 is 0 Å². The fourth-order valence-corrected chi connectivity index (χ4v) is 10.7. The third-order valence-corrected chi connectivity index (χ3v) is 12.7. The lowest BCUT2D eigenvalue weighted by Gasteiger charge is -2.52. The molecule has 0 unspecified atom stereocenters. The maximum atomic E-state index is 11.6. The molecule has 3 fully saturated rings. The Morgan fingerprint density at radius 1 is 0.763 bits per heavy atom. The molecule has 3 saturated carbocycles. The summed E-state index contributed by atoms with van der Waals surface area (Å²) in [6, 6.07) is 6.06. The molecule has 0 radical (unpaired) electrons. The first kappa shape index (κ1) is 24.9. The van der Waals surface area contributed by atoms with Crippen LogP contribution >= 0.6 is 0 Å². The predicted octanol–water partition coefficient (Wildman–Crippen LogP) is 8.71. The molecular weight excluding hydrogens is 464 g/mol. The second kappa shape index (κ2) is 9.24. The van der Waals surface area contributed by atoms with Crippen molar-refractivity contribution in [1.82, 2.24) is 0 Å². The molecule has 38 heavy (non-hydrogen) atoms. The van der Waals surface area contributed by atoms with Gasteiger partial charge in [-0.1, -0.05) is 49.8 Å². The SMILES string of the molecule is C[C@@]12C=CC[C@H]1[C@@H]1CCC3=CC(=O)CC[C@@H]3[C@H]1CC2.C[C@@]12C=CC[C@H]1[C@@H]1CCc3cc(O)ccc3[C@H]1CC2. The first-order valence-corrected chi connectivity index (χ1v) is 15.8. The van der Waals surface area contributed by atoms with Gasteiger partial charge in [0.1, 0.15) is 5.75 Å². The molecular formula is C36H46O2. The van der Waals surface area contributed by atoms with Crippen LogP contribution in [0, 0.1) is 46.3 Å². The van der Waals surface area contributed by atoms with Crippen LogP contribution in [0.4, 0.5) is 0 Å². The first-order valence-electron chi connectivity index (χ1n) is 15.8. The molecule has 1 N–H and O–H groups in total. The largest absolute Gasteiger partial charge is 0.508 e. The van der Waals surface area contributed by atoms with Crippen LogP contribution < -0.4 is 0 Å². The van der Waals surface area contributed by atoms with Crippen molar-refractivity contribution in [3.8, 4) is 5.75 Å². The lowest BCUT2D eigenvalue weighted by Crippen LogP contribution is -2.44.